The largest absolute Gasteiger partial charge is 0.342 e. The SMILES string of the molecule is N#CN=C(N1CCCC1)N1CC[C@H](C(=O)N2CC[C@H](c3ccccc3)C2)[C@@H](C(=O)NO)C1. The first-order chi connectivity index (χ1) is 15.6. The minimum absolute atomic E-state index is 0.0309. The molecule has 3 aliphatic rings. The highest BCUT2D eigenvalue weighted by Crippen LogP contribution is 2.32. The Morgan fingerprint density at radius 3 is 2.38 bits per heavy atom. The monoisotopic (exact) mass is 438 g/mol. The summed E-state index contributed by atoms with van der Waals surface area (Å²) in [4.78, 5) is 35.8. The second kappa shape index (κ2) is 10.0. The number of guanidine groups is 1. The van der Waals surface area contributed by atoms with E-state index in [0.29, 0.717) is 37.9 Å². The number of aliphatic imine (C=N–C) groups is 1. The van der Waals surface area contributed by atoms with Crippen LogP contribution in [0.2, 0.25) is 0 Å². The average molecular weight is 439 g/mol. The Kier molecular flexibility index (Phi) is 6.90. The van der Waals surface area contributed by atoms with Gasteiger partial charge < -0.3 is 14.7 Å². The molecule has 2 N–H and O–H groups in total. The van der Waals surface area contributed by atoms with Gasteiger partial charge in [0.25, 0.3) is 0 Å². The van der Waals surface area contributed by atoms with Crippen molar-refractivity contribution < 1.29 is 14.8 Å². The first-order valence-electron chi connectivity index (χ1n) is 11.4. The molecule has 1 aromatic rings. The van der Waals surface area contributed by atoms with Gasteiger partial charge in [-0.2, -0.15) is 5.26 Å². The molecule has 0 bridgehead atoms. The Morgan fingerprint density at radius 2 is 1.69 bits per heavy atom. The first kappa shape index (κ1) is 22.1. The molecular formula is C23H30N6O3. The topological polar surface area (TPSA) is 112 Å². The number of carbonyl (C=O) groups excluding carboxylic acids is 2. The second-order valence-electron chi connectivity index (χ2n) is 8.81. The molecule has 0 aromatic heterocycles. The lowest BCUT2D eigenvalue weighted by molar-refractivity contribution is -0.147. The number of nitriles is 1. The summed E-state index contributed by atoms with van der Waals surface area (Å²) in [5, 5.41) is 18.5. The van der Waals surface area contributed by atoms with Gasteiger partial charge in [-0.15, -0.1) is 4.99 Å². The van der Waals surface area contributed by atoms with Crippen molar-refractivity contribution in [2.24, 2.45) is 16.8 Å². The van der Waals surface area contributed by atoms with E-state index >= 15 is 0 Å². The van der Waals surface area contributed by atoms with Gasteiger partial charge in [0.1, 0.15) is 0 Å². The maximum atomic E-state index is 13.4. The van der Waals surface area contributed by atoms with Crippen molar-refractivity contribution in [3.05, 3.63) is 35.9 Å². The zero-order valence-corrected chi connectivity index (χ0v) is 18.2. The number of nitrogens with zero attached hydrogens (tertiary/aromatic N) is 5. The molecule has 3 aliphatic heterocycles. The predicted molar refractivity (Wildman–Crippen MR) is 117 cm³/mol. The fourth-order valence-corrected chi connectivity index (χ4v) is 5.27. The number of amides is 2. The van der Waals surface area contributed by atoms with Gasteiger partial charge in [-0.1, -0.05) is 30.3 Å². The molecule has 0 aliphatic carbocycles. The van der Waals surface area contributed by atoms with Crippen LogP contribution in [-0.4, -0.2) is 76.9 Å². The fourth-order valence-electron chi connectivity index (χ4n) is 5.27. The lowest BCUT2D eigenvalue weighted by Gasteiger charge is -2.41. The van der Waals surface area contributed by atoms with E-state index in [9.17, 15) is 20.1 Å². The summed E-state index contributed by atoms with van der Waals surface area (Å²) in [6.07, 6.45) is 5.33. The minimum Gasteiger partial charge on any atom is -0.342 e. The number of piperidine rings is 1. The Balaban J connectivity index is 1.47. The van der Waals surface area contributed by atoms with Gasteiger partial charge in [0.2, 0.25) is 24.0 Å². The standard InChI is InChI=1S/C23H30N6O3/c24-16-25-23(27-10-4-5-11-27)29-13-9-19(20(15-29)21(30)26-32)22(31)28-12-8-18(14-28)17-6-2-1-3-7-17/h1-3,6-7,18-20,32H,4-5,8-15H2,(H,26,30)/t18-,19-,20-/m0/s1. The summed E-state index contributed by atoms with van der Waals surface area (Å²) in [7, 11) is 0. The first-order valence-corrected chi connectivity index (χ1v) is 11.4. The fraction of sp³-hybridized carbons (Fsp3) is 0.565. The molecule has 9 nitrogen and oxygen atoms in total. The molecule has 0 unspecified atom stereocenters. The third kappa shape index (κ3) is 4.55. The smallest absolute Gasteiger partial charge is 0.249 e. The van der Waals surface area contributed by atoms with Crippen molar-refractivity contribution in [3.63, 3.8) is 0 Å². The van der Waals surface area contributed by atoms with E-state index in [2.05, 4.69) is 22.0 Å². The number of nitrogens with one attached hydrogen (secondary N) is 1. The molecule has 2 amide bonds. The second-order valence-corrected chi connectivity index (χ2v) is 8.81. The Bertz CT molecular complexity index is 893. The lowest BCUT2D eigenvalue weighted by atomic mass is 9.83. The molecule has 4 rings (SSSR count). The van der Waals surface area contributed by atoms with E-state index in [1.54, 1.807) is 5.48 Å². The van der Waals surface area contributed by atoms with Crippen LogP contribution >= 0.6 is 0 Å². The Labute approximate surface area is 188 Å². The highest BCUT2D eigenvalue weighted by Gasteiger charge is 2.43. The Hall–Kier alpha value is -3.12. The Morgan fingerprint density at radius 1 is 0.969 bits per heavy atom. The van der Waals surface area contributed by atoms with Crippen molar-refractivity contribution in [1.82, 2.24) is 20.2 Å². The van der Waals surface area contributed by atoms with E-state index in [0.717, 1.165) is 32.4 Å². The number of hydrogen-bond acceptors (Lipinski definition) is 5. The molecule has 3 heterocycles. The van der Waals surface area contributed by atoms with Crippen molar-refractivity contribution in [3.8, 4) is 6.19 Å². The summed E-state index contributed by atoms with van der Waals surface area (Å²) in [6, 6.07) is 10.2. The average Bonchev–Trinajstić information content (AvgIpc) is 3.54. The van der Waals surface area contributed by atoms with Crippen LogP contribution < -0.4 is 5.48 Å². The van der Waals surface area contributed by atoms with Gasteiger partial charge in [0.05, 0.1) is 11.8 Å². The summed E-state index contributed by atoms with van der Waals surface area (Å²) < 4.78 is 0. The van der Waals surface area contributed by atoms with Crippen LogP contribution in [0.15, 0.2) is 35.3 Å². The molecule has 1 aromatic carbocycles. The van der Waals surface area contributed by atoms with Gasteiger partial charge in [-0.25, -0.2) is 5.48 Å². The van der Waals surface area contributed by atoms with Gasteiger partial charge in [-0.05, 0) is 31.2 Å². The zero-order valence-electron chi connectivity index (χ0n) is 18.2. The van der Waals surface area contributed by atoms with E-state index < -0.39 is 17.7 Å². The number of hydroxylamine groups is 1. The molecule has 0 radical (unpaired) electrons. The number of hydrogen-bond donors (Lipinski definition) is 2. The number of benzene rings is 1. The molecule has 3 saturated heterocycles. The van der Waals surface area contributed by atoms with E-state index in [4.69, 9.17) is 0 Å². The maximum absolute atomic E-state index is 13.4. The van der Waals surface area contributed by atoms with Crippen molar-refractivity contribution >= 4 is 17.8 Å². The molecule has 9 heteroatoms. The zero-order chi connectivity index (χ0) is 22.5. The van der Waals surface area contributed by atoms with Gasteiger partial charge in [0.15, 0.2) is 0 Å². The maximum Gasteiger partial charge on any atom is 0.249 e. The third-order valence-electron chi connectivity index (χ3n) is 6.97. The third-order valence-corrected chi connectivity index (χ3v) is 6.97. The highest BCUT2D eigenvalue weighted by atomic mass is 16.5. The van der Waals surface area contributed by atoms with Crippen molar-refractivity contribution in [2.45, 2.75) is 31.6 Å². The molecule has 170 valence electrons. The van der Waals surface area contributed by atoms with Crippen molar-refractivity contribution in [1.29, 1.82) is 5.26 Å². The molecule has 0 spiro atoms. The number of carbonyl (C=O) groups is 2. The molecule has 3 atom stereocenters. The van der Waals surface area contributed by atoms with Crippen LogP contribution in [0.25, 0.3) is 0 Å². The summed E-state index contributed by atoms with van der Waals surface area (Å²) in [5.41, 5.74) is 2.98. The molecular weight excluding hydrogens is 408 g/mol. The van der Waals surface area contributed by atoms with E-state index in [1.807, 2.05) is 34.2 Å². The highest BCUT2D eigenvalue weighted by molar-refractivity contribution is 5.89. The minimum atomic E-state index is -0.705. The lowest BCUT2D eigenvalue weighted by Crippen LogP contribution is -2.55. The van der Waals surface area contributed by atoms with Crippen LogP contribution in [0.3, 0.4) is 0 Å². The predicted octanol–water partition coefficient (Wildman–Crippen LogP) is 1.38. The normalized spacial score (nSPS) is 26.2. The number of rotatable bonds is 3. The van der Waals surface area contributed by atoms with Crippen LogP contribution in [0.1, 0.15) is 37.2 Å². The van der Waals surface area contributed by atoms with Gasteiger partial charge >= 0.3 is 0 Å². The summed E-state index contributed by atoms with van der Waals surface area (Å²) in [6.45, 7) is 3.75. The van der Waals surface area contributed by atoms with Crippen LogP contribution in [-0.2, 0) is 9.59 Å². The van der Waals surface area contributed by atoms with Gasteiger partial charge in [-0.3, -0.25) is 14.8 Å². The van der Waals surface area contributed by atoms with Crippen LogP contribution in [0, 0.1) is 23.3 Å². The van der Waals surface area contributed by atoms with E-state index in [1.165, 1.54) is 5.56 Å². The molecule has 0 saturated carbocycles. The van der Waals surface area contributed by atoms with Crippen LogP contribution in [0.4, 0.5) is 0 Å². The van der Waals surface area contributed by atoms with Gasteiger partial charge in [0, 0.05) is 45.2 Å². The molecule has 32 heavy (non-hydrogen) atoms. The summed E-state index contributed by atoms with van der Waals surface area (Å²) >= 11 is 0. The van der Waals surface area contributed by atoms with E-state index in [-0.39, 0.29) is 12.5 Å². The van der Waals surface area contributed by atoms with Crippen LogP contribution in [0.5, 0.6) is 0 Å². The van der Waals surface area contributed by atoms with Crippen molar-refractivity contribution in [2.75, 3.05) is 39.3 Å². The number of likely N-dealkylation sites (tertiary alicyclic amines) is 3. The quantitative estimate of drug-likeness (QED) is 0.242. The molecule has 3 fully saturated rings. The summed E-state index contributed by atoms with van der Waals surface area (Å²) in [5.74, 6) is -0.939.